The second-order valence-electron chi connectivity index (χ2n) is 4.29. The monoisotopic (exact) mass is 257 g/mol. The van der Waals surface area contributed by atoms with E-state index in [9.17, 15) is 0 Å². The van der Waals surface area contributed by atoms with E-state index < -0.39 is 0 Å². The molecule has 5 nitrogen and oxygen atoms in total. The van der Waals surface area contributed by atoms with E-state index in [0.717, 1.165) is 23.1 Å². The SMILES string of the molecule is COC1CN(c2ncc(C(C)N)s2)CC1OC. The van der Waals surface area contributed by atoms with E-state index >= 15 is 0 Å². The van der Waals surface area contributed by atoms with Crippen molar-refractivity contribution in [3.05, 3.63) is 11.1 Å². The summed E-state index contributed by atoms with van der Waals surface area (Å²) in [6.07, 6.45) is 2.08. The van der Waals surface area contributed by atoms with Crippen LogP contribution in [0.15, 0.2) is 6.20 Å². The molecule has 1 fully saturated rings. The van der Waals surface area contributed by atoms with Crippen LogP contribution >= 0.6 is 11.3 Å². The normalized spacial score (nSPS) is 26.5. The van der Waals surface area contributed by atoms with Gasteiger partial charge in [0.1, 0.15) is 12.2 Å². The van der Waals surface area contributed by atoms with E-state index in [1.54, 1.807) is 25.6 Å². The van der Waals surface area contributed by atoms with Gasteiger partial charge in [-0.3, -0.25) is 0 Å². The Morgan fingerprint density at radius 1 is 1.41 bits per heavy atom. The van der Waals surface area contributed by atoms with Gasteiger partial charge in [-0.2, -0.15) is 0 Å². The van der Waals surface area contributed by atoms with Gasteiger partial charge in [0.2, 0.25) is 0 Å². The summed E-state index contributed by atoms with van der Waals surface area (Å²) in [5.74, 6) is 0. The van der Waals surface area contributed by atoms with Crippen molar-refractivity contribution in [3.63, 3.8) is 0 Å². The van der Waals surface area contributed by atoms with Crippen LogP contribution in [0, 0.1) is 0 Å². The van der Waals surface area contributed by atoms with E-state index in [-0.39, 0.29) is 18.2 Å². The molecule has 0 bridgehead atoms. The van der Waals surface area contributed by atoms with Gasteiger partial charge in [0.05, 0.1) is 0 Å². The summed E-state index contributed by atoms with van der Waals surface area (Å²) in [5, 5.41) is 0.999. The van der Waals surface area contributed by atoms with Crippen molar-refractivity contribution < 1.29 is 9.47 Å². The lowest BCUT2D eigenvalue weighted by Gasteiger charge is -2.13. The van der Waals surface area contributed by atoms with Crippen LogP contribution < -0.4 is 10.6 Å². The van der Waals surface area contributed by atoms with Gasteiger partial charge in [0, 0.05) is 44.4 Å². The molecule has 3 atom stereocenters. The van der Waals surface area contributed by atoms with Gasteiger partial charge in [-0.15, -0.1) is 11.3 Å². The summed E-state index contributed by atoms with van der Waals surface area (Å²) < 4.78 is 10.8. The maximum Gasteiger partial charge on any atom is 0.185 e. The number of aromatic nitrogens is 1. The fourth-order valence-corrected chi connectivity index (χ4v) is 2.87. The summed E-state index contributed by atoms with van der Waals surface area (Å²) in [6.45, 7) is 3.61. The summed E-state index contributed by atoms with van der Waals surface area (Å²) in [7, 11) is 3.44. The molecule has 2 N–H and O–H groups in total. The van der Waals surface area contributed by atoms with E-state index in [4.69, 9.17) is 15.2 Å². The second kappa shape index (κ2) is 5.30. The largest absolute Gasteiger partial charge is 0.377 e. The number of ether oxygens (including phenoxy) is 2. The van der Waals surface area contributed by atoms with Crippen molar-refractivity contribution in [2.24, 2.45) is 5.73 Å². The van der Waals surface area contributed by atoms with Gasteiger partial charge in [0.15, 0.2) is 5.13 Å². The van der Waals surface area contributed by atoms with Crippen molar-refractivity contribution in [2.75, 3.05) is 32.2 Å². The molecule has 0 spiro atoms. The van der Waals surface area contributed by atoms with Crippen LogP contribution in [0.4, 0.5) is 5.13 Å². The van der Waals surface area contributed by atoms with E-state index in [0.29, 0.717) is 0 Å². The van der Waals surface area contributed by atoms with Crippen molar-refractivity contribution in [2.45, 2.75) is 25.2 Å². The van der Waals surface area contributed by atoms with Gasteiger partial charge >= 0.3 is 0 Å². The topological polar surface area (TPSA) is 60.6 Å². The number of thiazole rings is 1. The highest BCUT2D eigenvalue weighted by atomic mass is 32.1. The van der Waals surface area contributed by atoms with Gasteiger partial charge in [-0.1, -0.05) is 0 Å². The Balaban J connectivity index is 2.08. The van der Waals surface area contributed by atoms with Gasteiger partial charge in [-0.05, 0) is 6.92 Å². The Morgan fingerprint density at radius 2 is 2.00 bits per heavy atom. The molecule has 0 aromatic carbocycles. The predicted molar refractivity (Wildman–Crippen MR) is 68.5 cm³/mol. The molecule has 96 valence electrons. The summed E-state index contributed by atoms with van der Waals surface area (Å²) in [4.78, 5) is 7.71. The third-order valence-electron chi connectivity index (χ3n) is 3.05. The number of hydrogen-bond acceptors (Lipinski definition) is 6. The minimum absolute atomic E-state index is 0.0419. The molecular formula is C11H19N3O2S. The number of hydrogen-bond donors (Lipinski definition) is 1. The van der Waals surface area contributed by atoms with Crippen LogP contribution in [0.5, 0.6) is 0 Å². The zero-order valence-corrected chi connectivity index (χ0v) is 11.2. The first-order valence-corrected chi connectivity index (χ1v) is 6.49. The van der Waals surface area contributed by atoms with Crippen molar-refractivity contribution in [1.29, 1.82) is 0 Å². The van der Waals surface area contributed by atoms with Crippen LogP contribution in [-0.4, -0.2) is 44.5 Å². The van der Waals surface area contributed by atoms with Crippen LogP contribution in [0.25, 0.3) is 0 Å². The van der Waals surface area contributed by atoms with Crippen molar-refractivity contribution in [3.8, 4) is 0 Å². The Kier molecular flexibility index (Phi) is 3.98. The zero-order chi connectivity index (χ0) is 12.4. The molecule has 1 aromatic rings. The van der Waals surface area contributed by atoms with E-state index in [1.807, 2.05) is 13.1 Å². The molecule has 0 aliphatic carbocycles. The van der Waals surface area contributed by atoms with Crippen molar-refractivity contribution >= 4 is 16.5 Å². The highest BCUT2D eigenvalue weighted by molar-refractivity contribution is 7.15. The third kappa shape index (κ3) is 2.60. The fourth-order valence-electron chi connectivity index (χ4n) is 1.99. The maximum absolute atomic E-state index is 5.84. The van der Waals surface area contributed by atoms with Gasteiger partial charge in [-0.25, -0.2) is 4.98 Å². The molecular weight excluding hydrogens is 238 g/mol. The molecule has 1 saturated heterocycles. The van der Waals surface area contributed by atoms with Gasteiger partial charge in [0.25, 0.3) is 0 Å². The molecule has 0 saturated carbocycles. The molecule has 0 radical (unpaired) electrons. The molecule has 1 aliphatic rings. The Labute approximate surface area is 106 Å². The zero-order valence-electron chi connectivity index (χ0n) is 10.4. The minimum Gasteiger partial charge on any atom is -0.377 e. The lowest BCUT2D eigenvalue weighted by atomic mass is 10.3. The molecule has 1 aliphatic heterocycles. The molecule has 1 aromatic heterocycles. The Morgan fingerprint density at radius 3 is 2.41 bits per heavy atom. The summed E-state index contributed by atoms with van der Waals surface area (Å²) >= 11 is 1.64. The van der Waals surface area contributed by atoms with Crippen LogP contribution in [0.1, 0.15) is 17.8 Å². The molecule has 6 heteroatoms. The summed E-state index contributed by atoms with van der Waals surface area (Å²) in [5.41, 5.74) is 5.84. The number of rotatable bonds is 4. The highest BCUT2D eigenvalue weighted by Crippen LogP contribution is 2.29. The third-order valence-corrected chi connectivity index (χ3v) is 4.31. The number of methoxy groups -OCH3 is 2. The van der Waals surface area contributed by atoms with E-state index in [1.165, 1.54) is 0 Å². The second-order valence-corrected chi connectivity index (χ2v) is 5.33. The average Bonchev–Trinajstić information content (AvgIpc) is 2.94. The lowest BCUT2D eigenvalue weighted by molar-refractivity contribution is -0.00461. The standard InChI is InChI=1S/C11H19N3O2S/c1-7(12)10-4-13-11(17-10)14-5-8(15-2)9(6-14)16-3/h4,7-9H,5-6,12H2,1-3H3. The maximum atomic E-state index is 5.84. The van der Waals surface area contributed by atoms with Crippen molar-refractivity contribution in [1.82, 2.24) is 4.98 Å². The number of anilines is 1. The number of nitrogens with two attached hydrogens (primary N) is 1. The minimum atomic E-state index is 0.0419. The first-order chi connectivity index (χ1) is 8.15. The lowest BCUT2D eigenvalue weighted by Crippen LogP contribution is -2.27. The van der Waals surface area contributed by atoms with Crippen LogP contribution in [0.2, 0.25) is 0 Å². The summed E-state index contributed by atoms with van der Waals surface area (Å²) in [6, 6.07) is 0.0419. The quantitative estimate of drug-likeness (QED) is 0.872. The molecule has 3 unspecified atom stereocenters. The highest BCUT2D eigenvalue weighted by Gasteiger charge is 2.34. The van der Waals surface area contributed by atoms with Gasteiger partial charge < -0.3 is 20.1 Å². The van der Waals surface area contributed by atoms with Crippen LogP contribution in [0.3, 0.4) is 0 Å². The smallest absolute Gasteiger partial charge is 0.185 e. The Bertz CT molecular complexity index is 357. The molecule has 2 heterocycles. The average molecular weight is 257 g/mol. The molecule has 2 rings (SSSR count). The van der Waals surface area contributed by atoms with E-state index in [2.05, 4.69) is 9.88 Å². The van der Waals surface area contributed by atoms with Crippen LogP contribution in [-0.2, 0) is 9.47 Å². The fraction of sp³-hybridized carbons (Fsp3) is 0.727. The Hall–Kier alpha value is -0.690. The molecule has 17 heavy (non-hydrogen) atoms. The number of nitrogens with zero attached hydrogens (tertiary/aromatic N) is 2. The first-order valence-electron chi connectivity index (χ1n) is 5.67. The molecule has 0 amide bonds. The predicted octanol–water partition coefficient (Wildman–Crippen LogP) is 1.01. The first kappa shape index (κ1) is 12.8.